The number of amides is 1. The molecule has 0 spiro atoms. The number of amidine groups is 1. The number of carbonyl (C=O) groups excluding carboxylic acids is 1. The lowest BCUT2D eigenvalue weighted by atomic mass is 9.94. The monoisotopic (exact) mass is 377 g/mol. The minimum absolute atomic E-state index is 0.208. The van der Waals surface area contributed by atoms with Crippen molar-refractivity contribution in [1.29, 1.82) is 0 Å². The van der Waals surface area contributed by atoms with Gasteiger partial charge in [-0.1, -0.05) is 39.0 Å². The van der Waals surface area contributed by atoms with Gasteiger partial charge in [0.05, 0.1) is 5.56 Å². The van der Waals surface area contributed by atoms with Crippen molar-refractivity contribution >= 4 is 17.4 Å². The van der Waals surface area contributed by atoms with Crippen LogP contribution < -0.4 is 4.74 Å². The Morgan fingerprint density at radius 3 is 2.43 bits per heavy atom. The maximum atomic E-state index is 12.6. The largest absolute Gasteiger partial charge is 0.454 e. The van der Waals surface area contributed by atoms with Gasteiger partial charge in [0.1, 0.15) is 17.3 Å². The molecule has 4 rings (SSSR count). The van der Waals surface area contributed by atoms with Crippen molar-refractivity contribution in [3.63, 3.8) is 0 Å². The lowest BCUT2D eigenvalue weighted by Gasteiger charge is -2.39. The molecule has 1 fully saturated rings. The van der Waals surface area contributed by atoms with Crippen molar-refractivity contribution in [3.8, 4) is 11.5 Å². The molecule has 1 saturated heterocycles. The van der Waals surface area contributed by atoms with E-state index in [-0.39, 0.29) is 11.3 Å². The molecule has 0 atom stereocenters. The fraction of sp³-hybridized carbons (Fsp3) is 0.391. The van der Waals surface area contributed by atoms with Crippen molar-refractivity contribution in [3.05, 3.63) is 53.6 Å². The predicted molar refractivity (Wildman–Crippen MR) is 112 cm³/mol. The van der Waals surface area contributed by atoms with E-state index in [1.54, 1.807) is 0 Å². The van der Waals surface area contributed by atoms with Crippen molar-refractivity contribution in [1.82, 2.24) is 9.80 Å². The lowest BCUT2D eigenvalue weighted by molar-refractivity contribution is -0.140. The zero-order valence-corrected chi connectivity index (χ0v) is 17.0. The molecule has 0 aliphatic carbocycles. The minimum Gasteiger partial charge on any atom is -0.454 e. The van der Waals surface area contributed by atoms with E-state index in [0.29, 0.717) is 13.1 Å². The maximum absolute atomic E-state index is 12.6. The van der Waals surface area contributed by atoms with Gasteiger partial charge in [0.2, 0.25) is 5.91 Å². The van der Waals surface area contributed by atoms with Gasteiger partial charge in [0.25, 0.3) is 0 Å². The summed E-state index contributed by atoms with van der Waals surface area (Å²) in [5.74, 6) is 2.73. The second kappa shape index (κ2) is 6.97. The number of fused-ring (bicyclic) bond motifs is 2. The number of ether oxygens (including phenoxy) is 1. The summed E-state index contributed by atoms with van der Waals surface area (Å²) < 4.78 is 6.20. The van der Waals surface area contributed by atoms with Gasteiger partial charge < -0.3 is 14.5 Å². The Kier molecular flexibility index (Phi) is 4.61. The molecular weight excluding hydrogens is 350 g/mol. The highest BCUT2D eigenvalue weighted by molar-refractivity contribution is 6.03. The highest BCUT2D eigenvalue weighted by Gasteiger charge is 2.31. The molecule has 0 saturated carbocycles. The van der Waals surface area contributed by atoms with E-state index in [2.05, 4.69) is 24.0 Å². The van der Waals surface area contributed by atoms with Gasteiger partial charge in [-0.15, -0.1) is 0 Å². The Bertz CT molecular complexity index is 935. The number of benzene rings is 2. The molecule has 0 radical (unpaired) electrons. The summed E-state index contributed by atoms with van der Waals surface area (Å²) in [6.45, 7) is 10.9. The second-order valence-electron chi connectivity index (χ2n) is 8.53. The Morgan fingerprint density at radius 1 is 1.00 bits per heavy atom. The quantitative estimate of drug-likeness (QED) is 0.685. The summed E-state index contributed by atoms with van der Waals surface area (Å²) in [6, 6.07) is 14.1. The fourth-order valence-electron chi connectivity index (χ4n) is 3.67. The average Bonchev–Trinajstić information content (AvgIpc) is 2.83. The summed E-state index contributed by atoms with van der Waals surface area (Å²) >= 11 is 0. The number of piperazine rings is 1. The van der Waals surface area contributed by atoms with Gasteiger partial charge in [0, 0.05) is 31.6 Å². The molecule has 2 heterocycles. The highest BCUT2D eigenvalue weighted by atomic mass is 16.5. The summed E-state index contributed by atoms with van der Waals surface area (Å²) in [7, 11) is 0. The van der Waals surface area contributed by atoms with Crippen LogP contribution in [0, 0.1) is 12.3 Å². The van der Waals surface area contributed by atoms with E-state index >= 15 is 0 Å². The second-order valence-corrected chi connectivity index (χ2v) is 8.53. The van der Waals surface area contributed by atoms with Gasteiger partial charge in [0.15, 0.2) is 5.75 Å². The zero-order valence-electron chi connectivity index (χ0n) is 17.0. The normalized spacial score (nSPS) is 16.5. The number of hydrogen-bond acceptors (Lipinski definition) is 4. The fourth-order valence-corrected chi connectivity index (χ4v) is 3.67. The van der Waals surface area contributed by atoms with Crippen LogP contribution >= 0.6 is 0 Å². The summed E-state index contributed by atoms with van der Waals surface area (Å²) in [4.78, 5) is 21.8. The topological polar surface area (TPSA) is 45.1 Å². The van der Waals surface area contributed by atoms with E-state index < -0.39 is 0 Å². The van der Waals surface area contributed by atoms with Crippen LogP contribution in [0.4, 0.5) is 5.69 Å². The number of rotatable bonds is 0. The first kappa shape index (κ1) is 18.5. The van der Waals surface area contributed by atoms with Gasteiger partial charge in [-0.25, -0.2) is 4.99 Å². The van der Waals surface area contributed by atoms with Crippen LogP contribution in [0.2, 0.25) is 0 Å². The van der Waals surface area contributed by atoms with Crippen LogP contribution in [0.25, 0.3) is 0 Å². The first-order chi connectivity index (χ1) is 13.3. The van der Waals surface area contributed by atoms with Gasteiger partial charge in [-0.05, 0) is 36.8 Å². The molecule has 2 aromatic carbocycles. The highest BCUT2D eigenvalue weighted by Crippen LogP contribution is 2.38. The summed E-state index contributed by atoms with van der Waals surface area (Å²) in [5, 5.41) is 0. The average molecular weight is 377 g/mol. The van der Waals surface area contributed by atoms with E-state index in [4.69, 9.17) is 9.73 Å². The number of hydrogen-bond donors (Lipinski definition) is 0. The van der Waals surface area contributed by atoms with Crippen molar-refractivity contribution in [2.75, 3.05) is 26.2 Å². The molecule has 0 unspecified atom stereocenters. The lowest BCUT2D eigenvalue weighted by Crippen LogP contribution is -2.53. The van der Waals surface area contributed by atoms with Crippen LogP contribution in [0.3, 0.4) is 0 Å². The minimum atomic E-state index is -0.348. The SMILES string of the molecule is Cc1ccc2c(c1)Oc1ccccc1C(N1CCN(C(=O)C(C)(C)C)CC1)=N2. The van der Waals surface area contributed by atoms with Crippen molar-refractivity contribution in [2.45, 2.75) is 27.7 Å². The van der Waals surface area contributed by atoms with Crippen LogP contribution in [0.5, 0.6) is 11.5 Å². The Labute approximate surface area is 166 Å². The molecule has 5 heteroatoms. The third-order valence-electron chi connectivity index (χ3n) is 5.20. The molecule has 2 aliphatic heterocycles. The van der Waals surface area contributed by atoms with Crippen molar-refractivity contribution < 1.29 is 9.53 Å². The van der Waals surface area contributed by atoms with Crippen LogP contribution in [0.15, 0.2) is 47.5 Å². The number of para-hydroxylation sites is 1. The molecule has 5 nitrogen and oxygen atoms in total. The van der Waals surface area contributed by atoms with Gasteiger partial charge in [-0.2, -0.15) is 0 Å². The molecular formula is C23H27N3O2. The van der Waals surface area contributed by atoms with Gasteiger partial charge in [-0.3, -0.25) is 4.79 Å². The van der Waals surface area contributed by atoms with Crippen LogP contribution in [0.1, 0.15) is 31.9 Å². The molecule has 28 heavy (non-hydrogen) atoms. The molecule has 146 valence electrons. The van der Waals surface area contributed by atoms with E-state index in [9.17, 15) is 4.79 Å². The Balaban J connectivity index is 1.65. The number of carbonyl (C=O) groups is 1. The maximum Gasteiger partial charge on any atom is 0.228 e. The van der Waals surface area contributed by atoms with Crippen LogP contribution in [-0.4, -0.2) is 47.7 Å². The molecule has 1 amide bonds. The first-order valence-electron chi connectivity index (χ1n) is 9.84. The van der Waals surface area contributed by atoms with Crippen LogP contribution in [-0.2, 0) is 4.79 Å². The van der Waals surface area contributed by atoms with E-state index in [1.807, 2.05) is 56.0 Å². The summed E-state index contributed by atoms with van der Waals surface area (Å²) in [5.41, 5.74) is 2.63. The third-order valence-corrected chi connectivity index (χ3v) is 5.20. The zero-order chi connectivity index (χ0) is 19.9. The van der Waals surface area contributed by atoms with E-state index in [0.717, 1.165) is 47.2 Å². The van der Waals surface area contributed by atoms with E-state index in [1.165, 1.54) is 0 Å². The molecule has 2 aromatic rings. The standard InChI is InChI=1S/C23H27N3O2/c1-16-9-10-18-20(15-16)28-19-8-6-5-7-17(19)21(24-18)25-11-13-26(14-12-25)22(27)23(2,3)4/h5-10,15H,11-14H2,1-4H3. The van der Waals surface area contributed by atoms with Gasteiger partial charge >= 0.3 is 0 Å². The smallest absolute Gasteiger partial charge is 0.228 e. The first-order valence-corrected chi connectivity index (χ1v) is 9.84. The molecule has 0 aromatic heterocycles. The van der Waals surface area contributed by atoms with Crippen molar-refractivity contribution in [2.24, 2.45) is 10.4 Å². The molecule has 0 bridgehead atoms. The number of aryl methyl sites for hydroxylation is 1. The third kappa shape index (κ3) is 3.49. The molecule has 2 aliphatic rings. The Morgan fingerprint density at radius 2 is 1.71 bits per heavy atom. The Hall–Kier alpha value is -2.82. The number of nitrogens with zero attached hydrogens (tertiary/aromatic N) is 3. The summed E-state index contributed by atoms with van der Waals surface area (Å²) in [6.07, 6.45) is 0. The predicted octanol–water partition coefficient (Wildman–Crippen LogP) is 4.37. The number of aliphatic imine (C=N–C) groups is 1. The molecule has 0 N–H and O–H groups in total.